The van der Waals surface area contributed by atoms with Crippen molar-refractivity contribution in [2.24, 2.45) is 11.6 Å². The van der Waals surface area contributed by atoms with Gasteiger partial charge >= 0.3 is 6.43 Å². The zero-order valence-electron chi connectivity index (χ0n) is 13.6. The van der Waals surface area contributed by atoms with Crippen LogP contribution in [0.4, 0.5) is 8.78 Å². The predicted molar refractivity (Wildman–Crippen MR) is 90.8 cm³/mol. The number of benzene rings is 1. The van der Waals surface area contributed by atoms with Crippen LogP contribution in [0.3, 0.4) is 0 Å². The molecule has 3 aromatic rings. The number of hydrogen-bond donors (Lipinski definition) is 2. The third-order valence-corrected chi connectivity index (χ3v) is 3.45. The van der Waals surface area contributed by atoms with E-state index in [0.717, 1.165) is 11.1 Å². The largest absolute Gasteiger partial charge is 0.414 e. The first kappa shape index (κ1) is 17.5. The van der Waals surface area contributed by atoms with Gasteiger partial charge in [-0.25, -0.2) is 5.84 Å². The SMILES string of the molecule is N/C(=C\N(N)Cc1ccc(-c2nnc(C(F)F)o2)nc1)c1ccccc1. The Morgan fingerprint density at radius 2 is 1.92 bits per heavy atom. The summed E-state index contributed by atoms with van der Waals surface area (Å²) >= 11 is 0. The van der Waals surface area contributed by atoms with Crippen LogP contribution in [0.2, 0.25) is 0 Å². The van der Waals surface area contributed by atoms with Crippen LogP contribution in [0, 0.1) is 0 Å². The van der Waals surface area contributed by atoms with Crippen molar-refractivity contribution < 1.29 is 13.2 Å². The summed E-state index contributed by atoms with van der Waals surface area (Å²) in [6.45, 7) is 0.354. The van der Waals surface area contributed by atoms with Gasteiger partial charge in [-0.2, -0.15) is 8.78 Å². The molecule has 7 nitrogen and oxygen atoms in total. The van der Waals surface area contributed by atoms with Gasteiger partial charge in [-0.3, -0.25) is 4.98 Å². The Balaban J connectivity index is 1.67. The van der Waals surface area contributed by atoms with Crippen LogP contribution in [-0.4, -0.2) is 20.2 Å². The predicted octanol–water partition coefficient (Wildman–Crippen LogP) is 2.70. The molecule has 0 bridgehead atoms. The number of aromatic nitrogens is 3. The molecule has 0 aliphatic heterocycles. The summed E-state index contributed by atoms with van der Waals surface area (Å²) in [6.07, 6.45) is 0.354. The molecule has 3 rings (SSSR count). The van der Waals surface area contributed by atoms with E-state index in [9.17, 15) is 8.78 Å². The highest BCUT2D eigenvalue weighted by atomic mass is 19.3. The average Bonchev–Trinajstić information content (AvgIpc) is 3.13. The van der Waals surface area contributed by atoms with Gasteiger partial charge in [-0.1, -0.05) is 36.4 Å². The van der Waals surface area contributed by atoms with Crippen LogP contribution in [0.1, 0.15) is 23.4 Å². The van der Waals surface area contributed by atoms with E-state index >= 15 is 0 Å². The third kappa shape index (κ3) is 4.19. The molecule has 2 aromatic heterocycles. The topological polar surface area (TPSA) is 107 Å². The van der Waals surface area contributed by atoms with Crippen molar-refractivity contribution in [2.45, 2.75) is 13.0 Å². The van der Waals surface area contributed by atoms with Gasteiger partial charge in [-0.15, -0.1) is 10.2 Å². The Morgan fingerprint density at radius 3 is 2.54 bits per heavy atom. The number of hydrogen-bond acceptors (Lipinski definition) is 7. The molecule has 0 unspecified atom stereocenters. The average molecular weight is 358 g/mol. The van der Waals surface area contributed by atoms with Crippen molar-refractivity contribution in [1.29, 1.82) is 0 Å². The second kappa shape index (κ2) is 7.70. The maximum Gasteiger partial charge on any atom is 0.314 e. The van der Waals surface area contributed by atoms with Gasteiger partial charge in [-0.05, 0) is 17.2 Å². The summed E-state index contributed by atoms with van der Waals surface area (Å²) in [5.41, 5.74) is 8.50. The number of rotatable bonds is 6. The molecule has 0 radical (unpaired) electrons. The van der Waals surface area contributed by atoms with Gasteiger partial charge in [0.05, 0.1) is 12.2 Å². The van der Waals surface area contributed by atoms with Crippen LogP contribution < -0.4 is 11.6 Å². The smallest absolute Gasteiger partial charge is 0.314 e. The third-order valence-electron chi connectivity index (χ3n) is 3.45. The van der Waals surface area contributed by atoms with Crippen molar-refractivity contribution in [3.8, 4) is 11.6 Å². The van der Waals surface area contributed by atoms with E-state index in [1.54, 1.807) is 24.5 Å². The van der Waals surface area contributed by atoms with E-state index in [2.05, 4.69) is 15.2 Å². The molecule has 0 spiro atoms. The molecule has 0 amide bonds. The van der Waals surface area contributed by atoms with Gasteiger partial charge in [0.1, 0.15) is 5.69 Å². The molecule has 26 heavy (non-hydrogen) atoms. The van der Waals surface area contributed by atoms with Gasteiger partial charge in [0, 0.05) is 12.4 Å². The van der Waals surface area contributed by atoms with Crippen LogP contribution in [0.5, 0.6) is 0 Å². The zero-order valence-corrected chi connectivity index (χ0v) is 13.6. The van der Waals surface area contributed by atoms with Gasteiger partial charge < -0.3 is 15.2 Å². The van der Waals surface area contributed by atoms with E-state index in [1.165, 1.54) is 5.01 Å². The minimum Gasteiger partial charge on any atom is -0.414 e. The van der Waals surface area contributed by atoms with Gasteiger partial charge in [0.2, 0.25) is 0 Å². The lowest BCUT2D eigenvalue weighted by Gasteiger charge is -2.15. The maximum atomic E-state index is 12.5. The van der Waals surface area contributed by atoms with Gasteiger partial charge in [0.15, 0.2) is 0 Å². The van der Waals surface area contributed by atoms with Crippen LogP contribution >= 0.6 is 0 Å². The number of alkyl halides is 2. The maximum absolute atomic E-state index is 12.5. The summed E-state index contributed by atoms with van der Waals surface area (Å²) in [6, 6.07) is 12.8. The fourth-order valence-corrected chi connectivity index (χ4v) is 2.21. The van der Waals surface area contributed by atoms with E-state index in [0.29, 0.717) is 17.9 Å². The van der Waals surface area contributed by atoms with E-state index < -0.39 is 12.3 Å². The molecule has 134 valence electrons. The van der Waals surface area contributed by atoms with Crippen molar-refractivity contribution >= 4 is 5.70 Å². The molecule has 0 aliphatic rings. The molecule has 0 atom stereocenters. The Bertz CT molecular complexity index is 880. The number of nitrogens with two attached hydrogens (primary N) is 2. The monoisotopic (exact) mass is 358 g/mol. The Labute approximate surface area is 147 Å². The molecule has 0 fully saturated rings. The standard InChI is InChI=1S/C17H16F2N6O/c18-15(19)17-24-23-16(26-17)14-7-6-11(8-22-14)9-25(21)10-13(20)12-4-2-1-3-5-12/h1-8,10,15H,9,20-21H2/b13-10-. The lowest BCUT2D eigenvalue weighted by molar-refractivity contribution is 0.116. The van der Waals surface area contributed by atoms with Gasteiger partial charge in [0.25, 0.3) is 11.8 Å². The Morgan fingerprint density at radius 1 is 1.15 bits per heavy atom. The zero-order chi connectivity index (χ0) is 18.5. The van der Waals surface area contributed by atoms with Crippen LogP contribution in [-0.2, 0) is 6.54 Å². The molecule has 0 saturated carbocycles. The highest BCUT2D eigenvalue weighted by Gasteiger charge is 2.17. The Kier molecular flexibility index (Phi) is 5.18. The molecule has 2 heterocycles. The number of pyridine rings is 1. The molecule has 4 N–H and O–H groups in total. The summed E-state index contributed by atoms with van der Waals surface area (Å²) in [5.74, 6) is 5.15. The number of hydrazine groups is 1. The second-order valence-corrected chi connectivity index (χ2v) is 5.42. The van der Waals surface area contributed by atoms with Crippen LogP contribution in [0.25, 0.3) is 17.3 Å². The molecule has 9 heteroatoms. The summed E-state index contributed by atoms with van der Waals surface area (Å²) < 4.78 is 29.8. The minimum absolute atomic E-state index is 0.0651. The normalized spacial score (nSPS) is 11.8. The lowest BCUT2D eigenvalue weighted by Crippen LogP contribution is -2.25. The molecule has 0 aliphatic carbocycles. The van der Waals surface area contributed by atoms with Crippen molar-refractivity contribution in [2.75, 3.05) is 0 Å². The molecular weight excluding hydrogens is 342 g/mol. The first-order chi connectivity index (χ1) is 12.5. The highest BCUT2D eigenvalue weighted by molar-refractivity contribution is 5.61. The first-order valence-electron chi connectivity index (χ1n) is 7.64. The van der Waals surface area contributed by atoms with Crippen molar-refractivity contribution in [3.05, 3.63) is 71.9 Å². The molecule has 1 aromatic carbocycles. The fourth-order valence-electron chi connectivity index (χ4n) is 2.21. The quantitative estimate of drug-likeness (QED) is 0.515. The summed E-state index contributed by atoms with van der Waals surface area (Å²) in [7, 11) is 0. The van der Waals surface area contributed by atoms with Crippen molar-refractivity contribution in [3.63, 3.8) is 0 Å². The first-order valence-corrected chi connectivity index (χ1v) is 7.64. The van der Waals surface area contributed by atoms with E-state index in [-0.39, 0.29) is 5.89 Å². The van der Waals surface area contributed by atoms with E-state index in [4.69, 9.17) is 16.0 Å². The Hall–Kier alpha value is -3.33. The summed E-state index contributed by atoms with van der Waals surface area (Å²) in [5, 5.41) is 8.25. The molecule has 0 saturated heterocycles. The second-order valence-electron chi connectivity index (χ2n) is 5.42. The van der Waals surface area contributed by atoms with E-state index in [1.807, 2.05) is 30.3 Å². The minimum atomic E-state index is -2.82. The molecular formula is C17H16F2N6O. The van der Waals surface area contributed by atoms with Crippen LogP contribution in [0.15, 0.2) is 59.3 Å². The highest BCUT2D eigenvalue weighted by Crippen LogP contribution is 2.22. The fraction of sp³-hybridized carbons (Fsp3) is 0.118. The lowest BCUT2D eigenvalue weighted by atomic mass is 10.2. The summed E-state index contributed by atoms with van der Waals surface area (Å²) in [4.78, 5) is 4.14. The number of nitrogens with zero attached hydrogens (tertiary/aromatic N) is 4. The number of halogens is 2. The van der Waals surface area contributed by atoms with Crippen molar-refractivity contribution in [1.82, 2.24) is 20.2 Å².